The van der Waals surface area contributed by atoms with Crippen molar-refractivity contribution in [2.24, 2.45) is 5.73 Å². The van der Waals surface area contributed by atoms with Gasteiger partial charge in [0.05, 0.1) is 0 Å². The van der Waals surface area contributed by atoms with E-state index in [-0.39, 0.29) is 0 Å². The van der Waals surface area contributed by atoms with Gasteiger partial charge in [0.2, 0.25) is 0 Å². The molecule has 0 aliphatic rings. The summed E-state index contributed by atoms with van der Waals surface area (Å²) in [7, 11) is 0. The van der Waals surface area contributed by atoms with Gasteiger partial charge >= 0.3 is 0 Å². The van der Waals surface area contributed by atoms with Gasteiger partial charge in [-0.15, -0.1) is 0 Å². The first-order valence-electron chi connectivity index (χ1n) is 4.17. The lowest BCUT2D eigenvalue weighted by molar-refractivity contribution is 0.616. The lowest BCUT2D eigenvalue weighted by Crippen LogP contribution is -2.22. The van der Waals surface area contributed by atoms with Crippen LogP contribution in [-0.2, 0) is 0 Å². The highest BCUT2D eigenvalue weighted by Gasteiger charge is 1.85. The highest BCUT2D eigenvalue weighted by atomic mass is 14.9. The minimum Gasteiger partial charge on any atom is -0.391 e. The van der Waals surface area contributed by atoms with Crippen LogP contribution in [0.5, 0.6) is 0 Å². The molecule has 0 atom stereocenters. The Bertz CT molecular complexity index is 83.4. The third-order valence-corrected chi connectivity index (χ3v) is 1.38. The highest BCUT2D eigenvalue weighted by Crippen LogP contribution is 1.74. The summed E-state index contributed by atoms with van der Waals surface area (Å²) in [5, 5.41) is 6.33. The topological polar surface area (TPSA) is 50.1 Å². The summed E-state index contributed by atoms with van der Waals surface area (Å²) >= 11 is 0. The second-order valence-electron chi connectivity index (χ2n) is 2.40. The van der Waals surface area contributed by atoms with Gasteiger partial charge in [-0.05, 0) is 38.7 Å². The molecule has 0 aliphatic heterocycles. The van der Waals surface area contributed by atoms with Crippen molar-refractivity contribution in [2.75, 3.05) is 26.2 Å². The SMILES string of the molecule is C=CNCCCNCCCN. The van der Waals surface area contributed by atoms with E-state index in [1.54, 1.807) is 6.20 Å². The van der Waals surface area contributed by atoms with E-state index in [0.29, 0.717) is 0 Å². The Morgan fingerprint density at radius 1 is 1.18 bits per heavy atom. The first-order chi connectivity index (χ1) is 5.41. The maximum Gasteiger partial charge on any atom is 0.0153 e. The second-order valence-corrected chi connectivity index (χ2v) is 2.40. The van der Waals surface area contributed by atoms with Gasteiger partial charge in [-0.1, -0.05) is 6.58 Å². The lowest BCUT2D eigenvalue weighted by atomic mass is 10.4. The van der Waals surface area contributed by atoms with E-state index >= 15 is 0 Å². The van der Waals surface area contributed by atoms with E-state index in [1.165, 1.54) is 0 Å². The fourth-order valence-corrected chi connectivity index (χ4v) is 0.770. The molecule has 66 valence electrons. The predicted octanol–water partition coefficient (Wildman–Crippen LogP) is 0.0480. The molecule has 0 heterocycles. The Balaban J connectivity index is 2.74. The van der Waals surface area contributed by atoms with E-state index < -0.39 is 0 Å². The molecule has 0 fully saturated rings. The fourth-order valence-electron chi connectivity index (χ4n) is 0.770. The van der Waals surface area contributed by atoms with Crippen molar-refractivity contribution in [2.45, 2.75) is 12.8 Å². The van der Waals surface area contributed by atoms with Crippen molar-refractivity contribution in [3.8, 4) is 0 Å². The second kappa shape index (κ2) is 9.46. The third-order valence-electron chi connectivity index (χ3n) is 1.38. The Morgan fingerprint density at radius 3 is 2.55 bits per heavy atom. The van der Waals surface area contributed by atoms with Crippen LogP contribution >= 0.6 is 0 Å². The molecule has 0 saturated heterocycles. The normalized spacial score (nSPS) is 9.55. The maximum atomic E-state index is 5.33. The Hall–Kier alpha value is -0.540. The molecule has 3 heteroatoms. The van der Waals surface area contributed by atoms with Gasteiger partial charge in [-0.25, -0.2) is 0 Å². The van der Waals surface area contributed by atoms with Crippen LogP contribution < -0.4 is 16.4 Å². The average Bonchev–Trinajstić information content (AvgIpc) is 2.03. The van der Waals surface area contributed by atoms with E-state index in [2.05, 4.69) is 17.2 Å². The van der Waals surface area contributed by atoms with Crippen LogP contribution in [0.15, 0.2) is 12.8 Å². The summed E-state index contributed by atoms with van der Waals surface area (Å²) in [6.45, 7) is 7.42. The molecule has 0 aromatic carbocycles. The fraction of sp³-hybridized carbons (Fsp3) is 0.750. The molecule has 0 saturated carbocycles. The Labute approximate surface area is 69.0 Å². The monoisotopic (exact) mass is 157 g/mol. The number of rotatable bonds is 8. The number of hydrogen-bond donors (Lipinski definition) is 3. The minimum atomic E-state index is 0.776. The summed E-state index contributed by atoms with van der Waals surface area (Å²) < 4.78 is 0. The van der Waals surface area contributed by atoms with E-state index in [0.717, 1.165) is 39.0 Å². The van der Waals surface area contributed by atoms with Crippen molar-refractivity contribution in [3.63, 3.8) is 0 Å². The molecule has 0 aromatic heterocycles. The van der Waals surface area contributed by atoms with Gasteiger partial charge in [0.15, 0.2) is 0 Å². The van der Waals surface area contributed by atoms with Gasteiger partial charge in [0.1, 0.15) is 0 Å². The molecule has 3 nitrogen and oxygen atoms in total. The zero-order chi connectivity index (χ0) is 8.36. The molecule has 0 amide bonds. The van der Waals surface area contributed by atoms with Crippen molar-refractivity contribution in [3.05, 3.63) is 12.8 Å². The zero-order valence-corrected chi connectivity index (χ0v) is 7.10. The van der Waals surface area contributed by atoms with Crippen LogP contribution in [0.1, 0.15) is 12.8 Å². The smallest absolute Gasteiger partial charge is 0.0153 e. The van der Waals surface area contributed by atoms with Crippen molar-refractivity contribution < 1.29 is 0 Å². The lowest BCUT2D eigenvalue weighted by Gasteiger charge is -2.02. The van der Waals surface area contributed by atoms with Crippen molar-refractivity contribution >= 4 is 0 Å². The van der Waals surface area contributed by atoms with E-state index in [1.807, 2.05) is 0 Å². The third kappa shape index (κ3) is 9.46. The number of nitrogens with two attached hydrogens (primary N) is 1. The molecule has 11 heavy (non-hydrogen) atoms. The van der Waals surface area contributed by atoms with Crippen molar-refractivity contribution in [1.82, 2.24) is 10.6 Å². The number of nitrogens with one attached hydrogen (secondary N) is 2. The summed E-state index contributed by atoms with van der Waals surface area (Å²) in [4.78, 5) is 0. The largest absolute Gasteiger partial charge is 0.391 e. The van der Waals surface area contributed by atoms with E-state index in [4.69, 9.17) is 5.73 Å². The highest BCUT2D eigenvalue weighted by molar-refractivity contribution is 4.62. The molecule has 0 aromatic rings. The zero-order valence-electron chi connectivity index (χ0n) is 7.10. The maximum absolute atomic E-state index is 5.33. The van der Waals surface area contributed by atoms with Crippen molar-refractivity contribution in [1.29, 1.82) is 0 Å². The molecule has 0 rings (SSSR count). The van der Waals surface area contributed by atoms with Crippen LogP contribution in [-0.4, -0.2) is 26.2 Å². The van der Waals surface area contributed by atoms with Crippen LogP contribution in [0.2, 0.25) is 0 Å². The van der Waals surface area contributed by atoms with Crippen LogP contribution in [0, 0.1) is 0 Å². The molecular weight excluding hydrogens is 138 g/mol. The molecule has 0 unspecified atom stereocenters. The van der Waals surface area contributed by atoms with Gasteiger partial charge in [0, 0.05) is 6.54 Å². The molecule has 0 aliphatic carbocycles. The summed E-state index contributed by atoms with van der Waals surface area (Å²) in [6.07, 6.45) is 3.92. The van der Waals surface area contributed by atoms with Crippen LogP contribution in [0.3, 0.4) is 0 Å². The summed E-state index contributed by atoms with van der Waals surface area (Å²) in [5.74, 6) is 0. The Morgan fingerprint density at radius 2 is 1.91 bits per heavy atom. The summed E-state index contributed by atoms with van der Waals surface area (Å²) in [6, 6.07) is 0. The van der Waals surface area contributed by atoms with Gasteiger partial charge in [-0.2, -0.15) is 0 Å². The molecular formula is C8H19N3. The number of hydrogen-bond acceptors (Lipinski definition) is 3. The van der Waals surface area contributed by atoms with E-state index in [9.17, 15) is 0 Å². The first kappa shape index (κ1) is 10.5. The van der Waals surface area contributed by atoms with Gasteiger partial charge < -0.3 is 16.4 Å². The predicted molar refractivity (Wildman–Crippen MR) is 49.4 cm³/mol. The van der Waals surface area contributed by atoms with Crippen LogP contribution in [0.25, 0.3) is 0 Å². The average molecular weight is 157 g/mol. The minimum absolute atomic E-state index is 0.776. The molecule has 0 radical (unpaired) electrons. The Kier molecular flexibility index (Phi) is 9.00. The quantitative estimate of drug-likeness (QED) is 0.436. The van der Waals surface area contributed by atoms with Crippen LogP contribution in [0.4, 0.5) is 0 Å². The van der Waals surface area contributed by atoms with Gasteiger partial charge in [0.25, 0.3) is 0 Å². The molecule has 4 N–H and O–H groups in total. The summed E-state index contributed by atoms with van der Waals surface area (Å²) in [5.41, 5.74) is 5.33. The first-order valence-corrected chi connectivity index (χ1v) is 4.17. The standard InChI is InChI=1S/C8H19N3/c1-2-10-7-4-8-11-6-3-5-9/h2,10-11H,1,3-9H2. The molecule has 0 bridgehead atoms. The van der Waals surface area contributed by atoms with Gasteiger partial charge in [-0.3, -0.25) is 0 Å². The molecule has 0 spiro atoms.